The molecule has 0 fully saturated rings. The molecule has 0 saturated heterocycles. The molecule has 1 aromatic carbocycles. The van der Waals surface area contributed by atoms with E-state index in [1.54, 1.807) is 31.1 Å². The van der Waals surface area contributed by atoms with Crippen LogP contribution in [0.4, 0.5) is 4.39 Å². The predicted molar refractivity (Wildman–Crippen MR) is 93.2 cm³/mol. The summed E-state index contributed by atoms with van der Waals surface area (Å²) in [5, 5.41) is 0. The molecule has 24 heavy (non-hydrogen) atoms. The molecule has 2 aromatic heterocycles. The third kappa shape index (κ3) is 3.02. The second-order valence-corrected chi connectivity index (χ2v) is 5.94. The second-order valence-electron chi connectivity index (χ2n) is 5.94. The maximum absolute atomic E-state index is 13.5. The SMILES string of the molecule is CCN(C)C(=O)Cn1ccc2ncc(-c3ccc(F)c(C)c3)cc21. The van der Waals surface area contributed by atoms with Crippen LogP contribution < -0.4 is 0 Å². The highest BCUT2D eigenvalue weighted by Gasteiger charge is 2.11. The Balaban J connectivity index is 1.99. The fourth-order valence-corrected chi connectivity index (χ4v) is 2.63. The highest BCUT2D eigenvalue weighted by molar-refractivity contribution is 5.84. The molecule has 3 aromatic rings. The molecule has 0 atom stereocenters. The Labute approximate surface area is 140 Å². The van der Waals surface area contributed by atoms with Gasteiger partial charge in [0, 0.05) is 31.5 Å². The number of hydrogen-bond donors (Lipinski definition) is 0. The summed E-state index contributed by atoms with van der Waals surface area (Å²) in [6.45, 7) is 4.65. The van der Waals surface area contributed by atoms with Gasteiger partial charge < -0.3 is 9.47 Å². The maximum Gasteiger partial charge on any atom is 0.242 e. The molecular weight excluding hydrogens is 305 g/mol. The van der Waals surface area contributed by atoms with Crippen LogP contribution in [0.2, 0.25) is 0 Å². The van der Waals surface area contributed by atoms with E-state index in [1.807, 2.05) is 35.9 Å². The lowest BCUT2D eigenvalue weighted by Gasteiger charge is -2.15. The van der Waals surface area contributed by atoms with Crippen molar-refractivity contribution in [2.45, 2.75) is 20.4 Å². The minimum Gasteiger partial charge on any atom is -0.344 e. The number of likely N-dealkylation sites (N-methyl/N-ethyl adjacent to an activating group) is 1. The summed E-state index contributed by atoms with van der Waals surface area (Å²) >= 11 is 0. The number of carbonyl (C=O) groups is 1. The van der Waals surface area contributed by atoms with Gasteiger partial charge in [0.1, 0.15) is 12.4 Å². The number of halogens is 1. The van der Waals surface area contributed by atoms with Gasteiger partial charge in [0.05, 0.1) is 11.0 Å². The van der Waals surface area contributed by atoms with Crippen molar-refractivity contribution in [2.75, 3.05) is 13.6 Å². The van der Waals surface area contributed by atoms with Crippen molar-refractivity contribution in [3.8, 4) is 11.1 Å². The molecule has 3 rings (SSSR count). The van der Waals surface area contributed by atoms with E-state index >= 15 is 0 Å². The molecule has 124 valence electrons. The van der Waals surface area contributed by atoms with Crippen molar-refractivity contribution in [3.63, 3.8) is 0 Å². The highest BCUT2D eigenvalue weighted by atomic mass is 19.1. The van der Waals surface area contributed by atoms with Crippen molar-refractivity contribution < 1.29 is 9.18 Å². The number of rotatable bonds is 4. The molecule has 0 radical (unpaired) electrons. The average molecular weight is 325 g/mol. The summed E-state index contributed by atoms with van der Waals surface area (Å²) in [5.74, 6) is -0.164. The lowest BCUT2D eigenvalue weighted by molar-refractivity contribution is -0.130. The number of fused-ring (bicyclic) bond motifs is 1. The minimum atomic E-state index is -0.218. The summed E-state index contributed by atoms with van der Waals surface area (Å²) in [4.78, 5) is 18.3. The molecule has 0 unspecified atom stereocenters. The molecule has 0 saturated carbocycles. The molecule has 0 spiro atoms. The van der Waals surface area contributed by atoms with E-state index in [0.29, 0.717) is 12.1 Å². The van der Waals surface area contributed by atoms with E-state index < -0.39 is 0 Å². The van der Waals surface area contributed by atoms with Crippen LogP contribution in [-0.4, -0.2) is 34.0 Å². The van der Waals surface area contributed by atoms with Gasteiger partial charge in [0.2, 0.25) is 5.91 Å². The number of nitrogens with zero attached hydrogens (tertiary/aromatic N) is 3. The quantitative estimate of drug-likeness (QED) is 0.735. The number of benzene rings is 1. The van der Waals surface area contributed by atoms with Crippen molar-refractivity contribution in [1.82, 2.24) is 14.5 Å². The first-order chi connectivity index (χ1) is 11.5. The molecular formula is C19H20FN3O. The fourth-order valence-electron chi connectivity index (χ4n) is 2.63. The van der Waals surface area contributed by atoms with Gasteiger partial charge in [0.15, 0.2) is 0 Å². The summed E-state index contributed by atoms with van der Waals surface area (Å²) in [7, 11) is 1.79. The third-order valence-electron chi connectivity index (χ3n) is 4.32. The molecule has 0 aliphatic carbocycles. The van der Waals surface area contributed by atoms with E-state index in [4.69, 9.17) is 0 Å². The van der Waals surface area contributed by atoms with Gasteiger partial charge in [-0.05, 0) is 49.2 Å². The normalized spacial score (nSPS) is 11.0. The third-order valence-corrected chi connectivity index (χ3v) is 4.32. The van der Waals surface area contributed by atoms with E-state index in [0.717, 1.165) is 22.2 Å². The topological polar surface area (TPSA) is 38.1 Å². The molecule has 5 heteroatoms. The Morgan fingerprint density at radius 3 is 2.75 bits per heavy atom. The Kier molecular flexibility index (Phi) is 4.34. The molecule has 0 N–H and O–H groups in total. The summed E-state index contributed by atoms with van der Waals surface area (Å²) in [6, 6.07) is 8.91. The van der Waals surface area contributed by atoms with Crippen molar-refractivity contribution >= 4 is 16.9 Å². The first-order valence-corrected chi connectivity index (χ1v) is 7.95. The first kappa shape index (κ1) is 16.2. The predicted octanol–water partition coefficient (Wildman–Crippen LogP) is 3.63. The van der Waals surface area contributed by atoms with E-state index in [9.17, 15) is 9.18 Å². The molecule has 0 bridgehead atoms. The number of pyridine rings is 1. The lowest BCUT2D eigenvalue weighted by atomic mass is 10.0. The van der Waals surface area contributed by atoms with Crippen LogP contribution in [0, 0.1) is 12.7 Å². The lowest BCUT2D eigenvalue weighted by Crippen LogP contribution is -2.29. The Morgan fingerprint density at radius 1 is 1.25 bits per heavy atom. The minimum absolute atomic E-state index is 0.0537. The molecule has 0 aliphatic rings. The molecule has 2 heterocycles. The standard InChI is InChI=1S/C19H20FN3O/c1-4-22(3)19(24)12-23-8-7-17-18(23)10-15(11-21-17)14-5-6-16(20)13(2)9-14/h5-11H,4,12H2,1-3H3. The van der Waals surface area contributed by atoms with Gasteiger partial charge >= 0.3 is 0 Å². The van der Waals surface area contributed by atoms with Gasteiger partial charge in [-0.15, -0.1) is 0 Å². The van der Waals surface area contributed by atoms with Gasteiger partial charge in [-0.1, -0.05) is 6.07 Å². The Morgan fingerprint density at radius 2 is 2.04 bits per heavy atom. The smallest absolute Gasteiger partial charge is 0.242 e. The van der Waals surface area contributed by atoms with E-state index in [2.05, 4.69) is 4.98 Å². The number of hydrogen-bond acceptors (Lipinski definition) is 2. The zero-order valence-electron chi connectivity index (χ0n) is 14.1. The Hall–Kier alpha value is -2.69. The second kappa shape index (κ2) is 6.43. The monoisotopic (exact) mass is 325 g/mol. The largest absolute Gasteiger partial charge is 0.344 e. The van der Waals surface area contributed by atoms with Crippen LogP contribution in [-0.2, 0) is 11.3 Å². The maximum atomic E-state index is 13.5. The molecule has 4 nitrogen and oxygen atoms in total. The van der Waals surface area contributed by atoms with Gasteiger partial charge in [-0.25, -0.2) is 4.39 Å². The number of aryl methyl sites for hydroxylation is 1. The van der Waals surface area contributed by atoms with Crippen LogP contribution >= 0.6 is 0 Å². The Bertz CT molecular complexity index is 901. The number of amides is 1. The highest BCUT2D eigenvalue weighted by Crippen LogP contribution is 2.25. The van der Waals surface area contributed by atoms with Crippen LogP contribution in [0.3, 0.4) is 0 Å². The molecule has 1 amide bonds. The summed E-state index contributed by atoms with van der Waals surface area (Å²) in [5.41, 5.74) is 4.15. The van der Waals surface area contributed by atoms with E-state index in [-0.39, 0.29) is 18.3 Å². The zero-order chi connectivity index (χ0) is 17.3. The van der Waals surface area contributed by atoms with Crippen LogP contribution in [0.1, 0.15) is 12.5 Å². The van der Waals surface area contributed by atoms with Crippen molar-refractivity contribution in [2.24, 2.45) is 0 Å². The summed E-state index contributed by atoms with van der Waals surface area (Å²) < 4.78 is 15.4. The van der Waals surface area contributed by atoms with Gasteiger partial charge in [0.25, 0.3) is 0 Å². The van der Waals surface area contributed by atoms with Crippen LogP contribution in [0.15, 0.2) is 42.7 Å². The summed E-state index contributed by atoms with van der Waals surface area (Å²) in [6.07, 6.45) is 3.65. The molecule has 0 aliphatic heterocycles. The number of aromatic nitrogens is 2. The van der Waals surface area contributed by atoms with Crippen LogP contribution in [0.5, 0.6) is 0 Å². The van der Waals surface area contributed by atoms with Crippen molar-refractivity contribution in [1.29, 1.82) is 0 Å². The van der Waals surface area contributed by atoms with E-state index in [1.165, 1.54) is 6.07 Å². The van der Waals surface area contributed by atoms with Crippen LogP contribution in [0.25, 0.3) is 22.2 Å². The average Bonchev–Trinajstić information content (AvgIpc) is 2.98. The van der Waals surface area contributed by atoms with Crippen molar-refractivity contribution in [3.05, 3.63) is 54.1 Å². The zero-order valence-corrected chi connectivity index (χ0v) is 14.1. The fraction of sp³-hybridized carbons (Fsp3) is 0.263. The first-order valence-electron chi connectivity index (χ1n) is 7.95. The van der Waals surface area contributed by atoms with Gasteiger partial charge in [-0.3, -0.25) is 9.78 Å². The van der Waals surface area contributed by atoms with Gasteiger partial charge in [-0.2, -0.15) is 0 Å². The number of carbonyl (C=O) groups excluding carboxylic acids is 1.